The third kappa shape index (κ3) is 7.10. The van der Waals surface area contributed by atoms with Crippen molar-refractivity contribution in [2.45, 2.75) is 44.9 Å². The maximum absolute atomic E-state index is 13.1. The Morgan fingerprint density at radius 1 is 0.917 bits per heavy atom. The van der Waals surface area contributed by atoms with Crippen molar-refractivity contribution in [3.8, 4) is 0 Å². The molecule has 0 spiro atoms. The second kappa shape index (κ2) is 11.6. The predicted octanol–water partition coefficient (Wildman–Crippen LogP) is 5.23. The van der Waals surface area contributed by atoms with Gasteiger partial charge in [0.2, 0.25) is 10.0 Å². The second-order valence-corrected chi connectivity index (χ2v) is 11.5. The fourth-order valence-corrected chi connectivity index (χ4v) is 5.92. The van der Waals surface area contributed by atoms with Gasteiger partial charge >= 0.3 is 0 Å². The number of sulfonamides is 1. The molecule has 1 aliphatic heterocycles. The number of rotatable bonds is 9. The van der Waals surface area contributed by atoms with Gasteiger partial charge in [-0.1, -0.05) is 60.7 Å². The summed E-state index contributed by atoms with van der Waals surface area (Å²) in [6.07, 6.45) is 3.16. The van der Waals surface area contributed by atoms with Crippen molar-refractivity contribution in [2.75, 3.05) is 22.7 Å². The Labute approximate surface area is 214 Å². The van der Waals surface area contributed by atoms with Crippen LogP contribution in [0.1, 0.15) is 48.2 Å². The summed E-state index contributed by atoms with van der Waals surface area (Å²) >= 11 is 0. The molecule has 3 aromatic carbocycles. The third-order valence-corrected chi connectivity index (χ3v) is 7.72. The van der Waals surface area contributed by atoms with E-state index in [1.54, 1.807) is 24.3 Å². The summed E-state index contributed by atoms with van der Waals surface area (Å²) in [6, 6.07) is 24.9. The number of hydrogen-bond acceptors (Lipinski definition) is 4. The van der Waals surface area contributed by atoms with Crippen molar-refractivity contribution < 1.29 is 13.2 Å². The fourth-order valence-electron chi connectivity index (χ4n) is 4.73. The van der Waals surface area contributed by atoms with Crippen molar-refractivity contribution in [3.05, 3.63) is 95.6 Å². The van der Waals surface area contributed by atoms with Crippen molar-refractivity contribution >= 4 is 27.3 Å². The topological polar surface area (TPSA) is 78.5 Å². The van der Waals surface area contributed by atoms with Crippen LogP contribution < -0.4 is 14.9 Å². The van der Waals surface area contributed by atoms with Crippen molar-refractivity contribution in [1.29, 1.82) is 0 Å². The van der Waals surface area contributed by atoms with Crippen molar-refractivity contribution in [2.24, 2.45) is 5.92 Å². The lowest BCUT2D eigenvalue weighted by Crippen LogP contribution is -2.37. The Balaban J connectivity index is 1.50. The number of nitrogens with one attached hydrogen (secondary N) is 2. The Bertz CT molecular complexity index is 1250. The van der Waals surface area contributed by atoms with Gasteiger partial charge in [-0.15, -0.1) is 0 Å². The van der Waals surface area contributed by atoms with Gasteiger partial charge in [-0.25, -0.2) is 8.42 Å². The first-order chi connectivity index (χ1) is 17.3. The molecule has 1 aliphatic rings. The van der Waals surface area contributed by atoms with Crippen LogP contribution in [0.4, 0.5) is 11.4 Å². The molecule has 2 N–H and O–H groups in total. The maximum atomic E-state index is 13.1. The van der Waals surface area contributed by atoms with E-state index in [1.165, 1.54) is 5.56 Å². The van der Waals surface area contributed by atoms with Crippen LogP contribution in [0.25, 0.3) is 0 Å². The molecule has 1 heterocycles. The Kier molecular flexibility index (Phi) is 8.31. The SMILES string of the molecule is CC(C)NC(=O)c1cc(NS(=O)(=O)Cc2ccccc2)ccc1N1CCC(Cc2ccccc2)CC1. The minimum Gasteiger partial charge on any atom is -0.371 e. The van der Waals surface area contributed by atoms with E-state index in [2.05, 4.69) is 39.2 Å². The van der Waals surface area contributed by atoms with Gasteiger partial charge in [-0.05, 0) is 68.4 Å². The number of anilines is 2. The lowest BCUT2D eigenvalue weighted by atomic mass is 9.89. The number of carbonyl (C=O) groups is 1. The lowest BCUT2D eigenvalue weighted by Gasteiger charge is -2.35. The molecule has 0 radical (unpaired) electrons. The number of piperidine rings is 1. The first kappa shape index (κ1) is 25.8. The molecule has 6 nitrogen and oxygen atoms in total. The molecule has 0 aromatic heterocycles. The molecular formula is C29H35N3O3S. The maximum Gasteiger partial charge on any atom is 0.253 e. The summed E-state index contributed by atoms with van der Waals surface area (Å²) in [7, 11) is -3.62. The first-order valence-corrected chi connectivity index (χ1v) is 14.2. The van der Waals surface area contributed by atoms with E-state index in [9.17, 15) is 13.2 Å². The minimum atomic E-state index is -3.62. The number of hydrogen-bond donors (Lipinski definition) is 2. The second-order valence-electron chi connectivity index (χ2n) is 9.83. The van der Waals surface area contributed by atoms with Gasteiger partial charge in [-0.3, -0.25) is 9.52 Å². The van der Waals surface area contributed by atoms with E-state index in [-0.39, 0.29) is 17.7 Å². The van der Waals surface area contributed by atoms with E-state index in [4.69, 9.17) is 0 Å². The average Bonchev–Trinajstić information content (AvgIpc) is 2.85. The van der Waals surface area contributed by atoms with Crippen molar-refractivity contribution in [3.63, 3.8) is 0 Å². The van der Waals surface area contributed by atoms with Crippen LogP contribution >= 0.6 is 0 Å². The van der Waals surface area contributed by atoms with E-state index in [0.717, 1.165) is 38.0 Å². The number of benzene rings is 3. The standard InChI is InChI=1S/C29H35N3O3S/c1-22(2)30-29(33)27-20-26(31-36(34,35)21-25-11-7-4-8-12-25)13-14-28(27)32-17-15-24(16-18-32)19-23-9-5-3-6-10-23/h3-14,20,22,24,31H,15-19,21H2,1-2H3,(H,30,33). The smallest absolute Gasteiger partial charge is 0.253 e. The highest BCUT2D eigenvalue weighted by Crippen LogP contribution is 2.30. The number of amides is 1. The monoisotopic (exact) mass is 505 g/mol. The van der Waals surface area contributed by atoms with Gasteiger partial charge in [0, 0.05) is 30.5 Å². The molecule has 1 saturated heterocycles. The summed E-state index contributed by atoms with van der Waals surface area (Å²) in [4.78, 5) is 15.4. The van der Waals surface area contributed by atoms with Gasteiger partial charge in [0.15, 0.2) is 0 Å². The zero-order chi connectivity index (χ0) is 25.5. The van der Waals surface area contributed by atoms with Crippen LogP contribution in [0.3, 0.4) is 0 Å². The highest BCUT2D eigenvalue weighted by atomic mass is 32.2. The van der Waals surface area contributed by atoms with Crippen LogP contribution in [0.2, 0.25) is 0 Å². The van der Waals surface area contributed by atoms with E-state index in [1.807, 2.05) is 44.2 Å². The zero-order valence-corrected chi connectivity index (χ0v) is 21.8. The predicted molar refractivity (Wildman–Crippen MR) is 147 cm³/mol. The molecule has 7 heteroatoms. The number of carbonyl (C=O) groups excluding carboxylic acids is 1. The van der Waals surface area contributed by atoms with Crippen LogP contribution in [-0.2, 0) is 22.2 Å². The highest BCUT2D eigenvalue weighted by molar-refractivity contribution is 7.91. The van der Waals surface area contributed by atoms with E-state index < -0.39 is 10.0 Å². The summed E-state index contributed by atoms with van der Waals surface area (Å²) in [5, 5.41) is 2.97. The molecule has 3 aromatic rings. The van der Waals surface area contributed by atoms with Crippen molar-refractivity contribution in [1.82, 2.24) is 5.32 Å². The highest BCUT2D eigenvalue weighted by Gasteiger charge is 2.24. The number of nitrogens with zero attached hydrogens (tertiary/aromatic N) is 1. The largest absolute Gasteiger partial charge is 0.371 e. The van der Waals surface area contributed by atoms with Gasteiger partial charge in [0.25, 0.3) is 5.91 Å². The summed E-state index contributed by atoms with van der Waals surface area (Å²) in [5.74, 6) is 0.286. The van der Waals surface area contributed by atoms with Crippen LogP contribution in [0, 0.1) is 5.92 Å². The lowest BCUT2D eigenvalue weighted by molar-refractivity contribution is 0.0943. The van der Waals surface area contributed by atoms with Gasteiger partial charge in [0.05, 0.1) is 11.3 Å². The molecule has 0 saturated carbocycles. The van der Waals surface area contributed by atoms with Crippen LogP contribution in [0.5, 0.6) is 0 Å². The Morgan fingerprint density at radius 2 is 1.53 bits per heavy atom. The molecule has 4 rings (SSSR count). The molecule has 0 bridgehead atoms. The van der Waals surface area contributed by atoms with Gasteiger partial charge in [0.1, 0.15) is 0 Å². The summed E-state index contributed by atoms with van der Waals surface area (Å²) < 4.78 is 28.2. The van der Waals surface area contributed by atoms with E-state index in [0.29, 0.717) is 22.7 Å². The summed E-state index contributed by atoms with van der Waals surface area (Å²) in [6.45, 7) is 5.55. The third-order valence-electron chi connectivity index (χ3n) is 6.46. The van der Waals surface area contributed by atoms with Crippen LogP contribution in [0.15, 0.2) is 78.9 Å². The minimum absolute atomic E-state index is 0.0274. The normalized spacial score (nSPS) is 14.6. The molecule has 190 valence electrons. The first-order valence-electron chi connectivity index (χ1n) is 12.6. The zero-order valence-electron chi connectivity index (χ0n) is 21.0. The Morgan fingerprint density at radius 3 is 2.14 bits per heavy atom. The van der Waals surface area contributed by atoms with Gasteiger partial charge < -0.3 is 10.2 Å². The molecule has 0 atom stereocenters. The molecule has 0 unspecified atom stereocenters. The molecular weight excluding hydrogens is 470 g/mol. The summed E-state index contributed by atoms with van der Waals surface area (Å²) in [5.41, 5.74) is 3.79. The van der Waals surface area contributed by atoms with Gasteiger partial charge in [-0.2, -0.15) is 0 Å². The van der Waals surface area contributed by atoms with E-state index >= 15 is 0 Å². The quantitative estimate of drug-likeness (QED) is 0.418. The van der Waals surface area contributed by atoms with Crippen LogP contribution in [-0.4, -0.2) is 33.5 Å². The Hall–Kier alpha value is -3.32. The molecule has 0 aliphatic carbocycles. The average molecular weight is 506 g/mol. The molecule has 1 amide bonds. The molecule has 1 fully saturated rings. The fraction of sp³-hybridized carbons (Fsp3) is 0.345. The molecule has 36 heavy (non-hydrogen) atoms.